The Hall–Kier alpha value is -1.90. The maximum absolute atomic E-state index is 13.5. The number of halogens is 2. The molecule has 224 valence electrons. The van der Waals surface area contributed by atoms with Crippen LogP contribution in [0.3, 0.4) is 0 Å². The summed E-state index contributed by atoms with van der Waals surface area (Å²) in [6.07, 6.45) is 5.21. The lowest BCUT2D eigenvalue weighted by molar-refractivity contribution is -0.268. The molecule has 1 heterocycles. The summed E-state index contributed by atoms with van der Waals surface area (Å²) < 4.78 is 85.3. The molecule has 14 heteroatoms. The molecule has 6 saturated carbocycles. The molecule has 0 aromatic rings. The number of rotatable bonds is 11. The van der Waals surface area contributed by atoms with E-state index in [2.05, 4.69) is 4.74 Å². The molecular formula is C26H34F2O11S. The van der Waals surface area contributed by atoms with Gasteiger partial charge < -0.3 is 23.7 Å². The van der Waals surface area contributed by atoms with E-state index in [0.717, 1.165) is 32.1 Å². The number of carbonyl (C=O) groups is 3. The summed E-state index contributed by atoms with van der Waals surface area (Å²) in [5.41, 5.74) is -1.29. The highest BCUT2D eigenvalue weighted by Crippen LogP contribution is 2.63. The van der Waals surface area contributed by atoms with Crippen LogP contribution >= 0.6 is 0 Å². The van der Waals surface area contributed by atoms with Gasteiger partial charge in [0.1, 0.15) is 25.4 Å². The highest BCUT2D eigenvalue weighted by Gasteiger charge is 2.65. The molecule has 1 saturated heterocycles. The third-order valence-electron chi connectivity index (χ3n) is 10.3. The molecule has 1 aliphatic heterocycles. The summed E-state index contributed by atoms with van der Waals surface area (Å²) in [5.74, 6) is -2.18. The van der Waals surface area contributed by atoms with Crippen molar-refractivity contribution in [3.05, 3.63) is 0 Å². The molecule has 0 aromatic heterocycles. The van der Waals surface area contributed by atoms with Gasteiger partial charge in [-0.15, -0.1) is 0 Å². The molecule has 40 heavy (non-hydrogen) atoms. The minimum atomic E-state index is -5.95. The van der Waals surface area contributed by atoms with Gasteiger partial charge in [0.15, 0.2) is 0 Å². The lowest BCUT2D eigenvalue weighted by Gasteiger charge is -2.64. The molecule has 7 aliphatic rings. The van der Waals surface area contributed by atoms with Gasteiger partial charge in [-0.05, 0) is 56.3 Å². The molecule has 7 fully saturated rings. The molecule has 0 aromatic carbocycles. The van der Waals surface area contributed by atoms with Crippen LogP contribution in [0.25, 0.3) is 0 Å². The van der Waals surface area contributed by atoms with Gasteiger partial charge in [0.2, 0.25) is 0 Å². The van der Waals surface area contributed by atoms with Crippen molar-refractivity contribution in [2.45, 2.75) is 87.0 Å². The Balaban J connectivity index is 1.06. The quantitative estimate of drug-likeness (QED) is 0.163. The molecule has 6 bridgehead atoms. The largest absolute Gasteiger partial charge is 0.465 e. The Bertz CT molecular complexity index is 1190. The average molecular weight is 593 g/mol. The minimum absolute atomic E-state index is 0.0707. The fourth-order valence-corrected chi connectivity index (χ4v) is 9.50. The fourth-order valence-electron chi connectivity index (χ4n) is 9.23. The Morgan fingerprint density at radius 1 is 1.10 bits per heavy atom. The van der Waals surface area contributed by atoms with Crippen molar-refractivity contribution < 1.29 is 59.8 Å². The van der Waals surface area contributed by atoms with Crippen molar-refractivity contribution in [3.8, 4) is 0 Å². The molecule has 0 spiro atoms. The van der Waals surface area contributed by atoms with E-state index < -0.39 is 51.2 Å². The number of hydrogen-bond acceptors (Lipinski definition) is 10. The van der Waals surface area contributed by atoms with Crippen LogP contribution in [0.15, 0.2) is 0 Å². The van der Waals surface area contributed by atoms with Crippen molar-refractivity contribution in [2.75, 3.05) is 19.8 Å². The molecule has 1 N–H and O–H groups in total. The van der Waals surface area contributed by atoms with Crippen LogP contribution in [0.1, 0.15) is 58.3 Å². The van der Waals surface area contributed by atoms with Gasteiger partial charge in [-0.1, -0.05) is 13.3 Å². The zero-order valence-corrected chi connectivity index (χ0v) is 22.9. The van der Waals surface area contributed by atoms with E-state index in [1.54, 1.807) is 0 Å². The van der Waals surface area contributed by atoms with E-state index in [1.165, 1.54) is 0 Å². The van der Waals surface area contributed by atoms with Gasteiger partial charge in [-0.25, -0.2) is 9.59 Å². The first kappa shape index (κ1) is 28.2. The maximum Gasteiger partial charge on any atom is 0.465 e. The van der Waals surface area contributed by atoms with Crippen molar-refractivity contribution in [2.24, 2.45) is 35.5 Å². The van der Waals surface area contributed by atoms with Crippen LogP contribution < -0.4 is 0 Å². The molecule has 0 amide bonds. The highest BCUT2D eigenvalue weighted by atomic mass is 32.2. The van der Waals surface area contributed by atoms with Crippen molar-refractivity contribution >= 4 is 28.0 Å². The van der Waals surface area contributed by atoms with Crippen LogP contribution in [0.5, 0.6) is 0 Å². The van der Waals surface area contributed by atoms with Gasteiger partial charge in [0.05, 0.1) is 23.7 Å². The normalized spacial score (nSPS) is 42.8. The standard InChI is InChI=1S/C26H34F2O11S/c1-2-18-15-5-13-8-24(10-15,12-25(18,9-13)36-4-3-35-23(31)26(27,28)40(32,33)34)37-11-19(29)38-20-14-6-16-17(7-14)22(30)39-21(16)20/h13-18,20-21H,2-12H2,1H3,(H,32,33,34). The van der Waals surface area contributed by atoms with Crippen LogP contribution in [0.2, 0.25) is 0 Å². The summed E-state index contributed by atoms with van der Waals surface area (Å²) in [4.78, 5) is 36.4. The van der Waals surface area contributed by atoms with Gasteiger partial charge in [0.25, 0.3) is 0 Å². The lowest BCUT2D eigenvalue weighted by atomic mass is 9.47. The minimum Gasteiger partial charge on any atom is -0.458 e. The van der Waals surface area contributed by atoms with E-state index in [4.69, 9.17) is 23.5 Å². The number of alkyl halides is 2. The number of hydrogen-bond donors (Lipinski definition) is 1. The molecule has 6 aliphatic carbocycles. The van der Waals surface area contributed by atoms with Gasteiger partial charge in [0, 0.05) is 18.3 Å². The monoisotopic (exact) mass is 592 g/mol. The van der Waals surface area contributed by atoms with E-state index in [-0.39, 0.29) is 60.8 Å². The zero-order valence-electron chi connectivity index (χ0n) is 22.1. The molecule has 7 rings (SSSR count). The Labute approximate surface area is 230 Å². The predicted octanol–water partition coefficient (Wildman–Crippen LogP) is 2.26. The molecule has 0 radical (unpaired) electrons. The van der Waals surface area contributed by atoms with E-state index in [1.807, 2.05) is 6.92 Å². The molecule has 10 atom stereocenters. The molecule has 11 nitrogen and oxygen atoms in total. The zero-order chi connectivity index (χ0) is 28.7. The van der Waals surface area contributed by atoms with E-state index >= 15 is 0 Å². The summed E-state index contributed by atoms with van der Waals surface area (Å²) in [6, 6.07) is 0. The third-order valence-corrected chi connectivity index (χ3v) is 11.1. The predicted molar refractivity (Wildman–Crippen MR) is 128 cm³/mol. The SMILES string of the molecule is CCC1C2CC3CC(OCC(=O)OC4C5CC6C(=O)OC4C6C5)(C2)CC1(OCCOC(=O)C(F)(F)S(=O)(=O)O)C3. The average Bonchev–Trinajstić information content (AvgIpc) is 3.50. The van der Waals surface area contributed by atoms with Gasteiger partial charge >= 0.3 is 33.3 Å². The fraction of sp³-hybridized carbons (Fsp3) is 0.885. The first-order chi connectivity index (χ1) is 18.8. The van der Waals surface area contributed by atoms with Crippen molar-refractivity contribution in [3.63, 3.8) is 0 Å². The number of esters is 3. The van der Waals surface area contributed by atoms with Crippen molar-refractivity contribution in [1.82, 2.24) is 0 Å². The third kappa shape index (κ3) is 4.44. The van der Waals surface area contributed by atoms with E-state index in [0.29, 0.717) is 19.3 Å². The maximum atomic E-state index is 13.5. The molecule has 10 unspecified atom stereocenters. The Morgan fingerprint density at radius 2 is 1.88 bits per heavy atom. The number of carbonyl (C=O) groups excluding carboxylic acids is 3. The summed E-state index contributed by atoms with van der Waals surface area (Å²) >= 11 is 0. The highest BCUT2D eigenvalue weighted by molar-refractivity contribution is 7.87. The van der Waals surface area contributed by atoms with Crippen LogP contribution in [0.4, 0.5) is 8.78 Å². The molecular weight excluding hydrogens is 558 g/mol. The van der Waals surface area contributed by atoms with Crippen LogP contribution in [-0.4, -0.2) is 79.4 Å². The lowest BCUT2D eigenvalue weighted by Crippen LogP contribution is -2.65. The van der Waals surface area contributed by atoms with Gasteiger partial charge in [-0.3, -0.25) is 9.35 Å². The second-order valence-corrected chi connectivity index (χ2v) is 14.0. The van der Waals surface area contributed by atoms with Crippen molar-refractivity contribution in [1.29, 1.82) is 0 Å². The number of fused-ring (bicyclic) bond motifs is 1. The topological polar surface area (TPSA) is 152 Å². The number of ether oxygens (including phenoxy) is 5. The van der Waals surface area contributed by atoms with E-state index in [9.17, 15) is 31.6 Å². The summed E-state index contributed by atoms with van der Waals surface area (Å²) in [5, 5.41) is -5.06. The second-order valence-electron chi connectivity index (χ2n) is 12.5. The van der Waals surface area contributed by atoms with Crippen LogP contribution in [0, 0.1) is 35.5 Å². The summed E-state index contributed by atoms with van der Waals surface area (Å²) in [6.45, 7) is 0.943. The first-order valence-electron chi connectivity index (χ1n) is 14.0. The Morgan fingerprint density at radius 3 is 2.60 bits per heavy atom. The second kappa shape index (κ2) is 9.56. The summed E-state index contributed by atoms with van der Waals surface area (Å²) in [7, 11) is -5.95. The Kier molecular flexibility index (Phi) is 6.75. The van der Waals surface area contributed by atoms with Gasteiger partial charge in [-0.2, -0.15) is 17.2 Å². The smallest absolute Gasteiger partial charge is 0.458 e. The van der Waals surface area contributed by atoms with Crippen LogP contribution in [-0.2, 0) is 48.2 Å². The first-order valence-corrected chi connectivity index (χ1v) is 15.4.